The van der Waals surface area contributed by atoms with Crippen LogP contribution in [0.5, 0.6) is 0 Å². The standard InChI is InChI=1S/C14H11F3N4OS/c1-7(11-18-8(2)21-22-11)23-12-9-5-3-4-6-10(9)19-13(20-12)14(15,16)17/h3-7H,1-2H3. The first kappa shape index (κ1) is 15.7. The molecule has 9 heteroatoms. The van der Waals surface area contributed by atoms with Crippen molar-refractivity contribution in [2.75, 3.05) is 0 Å². The van der Waals surface area contributed by atoms with Crippen molar-refractivity contribution in [3.63, 3.8) is 0 Å². The molecule has 1 atom stereocenters. The molecule has 2 heterocycles. The zero-order valence-corrected chi connectivity index (χ0v) is 12.9. The molecule has 0 saturated heterocycles. The minimum absolute atomic E-state index is 0.228. The Kier molecular flexibility index (Phi) is 3.97. The summed E-state index contributed by atoms with van der Waals surface area (Å²) in [5.74, 6) is -0.354. The Labute approximate surface area is 133 Å². The summed E-state index contributed by atoms with van der Waals surface area (Å²) in [6.45, 7) is 3.44. The van der Waals surface area contributed by atoms with Gasteiger partial charge >= 0.3 is 6.18 Å². The fourth-order valence-electron chi connectivity index (χ4n) is 1.96. The van der Waals surface area contributed by atoms with Crippen molar-refractivity contribution < 1.29 is 17.7 Å². The zero-order valence-electron chi connectivity index (χ0n) is 12.1. The molecule has 0 bridgehead atoms. The highest BCUT2D eigenvalue weighted by Crippen LogP contribution is 2.38. The molecule has 0 amide bonds. The summed E-state index contributed by atoms with van der Waals surface area (Å²) in [7, 11) is 0. The molecule has 0 aliphatic carbocycles. The van der Waals surface area contributed by atoms with Crippen LogP contribution in [0.15, 0.2) is 33.8 Å². The second-order valence-electron chi connectivity index (χ2n) is 4.81. The number of halogens is 3. The van der Waals surface area contributed by atoms with Crippen molar-refractivity contribution in [2.24, 2.45) is 0 Å². The SMILES string of the molecule is Cc1noc(C(C)Sc2nc(C(F)(F)F)nc3ccccc23)n1. The fourth-order valence-corrected chi connectivity index (χ4v) is 2.93. The highest BCUT2D eigenvalue weighted by molar-refractivity contribution is 7.99. The van der Waals surface area contributed by atoms with E-state index >= 15 is 0 Å². The molecule has 3 aromatic rings. The van der Waals surface area contributed by atoms with Crippen LogP contribution in [-0.2, 0) is 6.18 Å². The number of thioether (sulfide) groups is 1. The number of hydrogen-bond donors (Lipinski definition) is 0. The van der Waals surface area contributed by atoms with Gasteiger partial charge in [0.2, 0.25) is 11.7 Å². The lowest BCUT2D eigenvalue weighted by Crippen LogP contribution is -2.12. The third kappa shape index (κ3) is 3.29. The number of aromatic nitrogens is 4. The normalized spacial score (nSPS) is 13.4. The van der Waals surface area contributed by atoms with E-state index in [-0.39, 0.29) is 15.8 Å². The number of fused-ring (bicyclic) bond motifs is 1. The van der Waals surface area contributed by atoms with Gasteiger partial charge in [-0.2, -0.15) is 18.2 Å². The zero-order chi connectivity index (χ0) is 16.6. The van der Waals surface area contributed by atoms with E-state index in [1.54, 1.807) is 32.0 Å². The van der Waals surface area contributed by atoms with E-state index in [0.29, 0.717) is 17.1 Å². The molecular weight excluding hydrogens is 329 g/mol. The number of alkyl halides is 3. The van der Waals surface area contributed by atoms with Crippen LogP contribution in [0.2, 0.25) is 0 Å². The summed E-state index contributed by atoms with van der Waals surface area (Å²) < 4.78 is 44.0. The Morgan fingerprint density at radius 1 is 1.13 bits per heavy atom. The number of rotatable bonds is 3. The third-order valence-electron chi connectivity index (χ3n) is 3.00. The van der Waals surface area contributed by atoms with Crippen LogP contribution in [0.1, 0.15) is 29.7 Å². The molecule has 23 heavy (non-hydrogen) atoms. The molecule has 0 radical (unpaired) electrons. The monoisotopic (exact) mass is 340 g/mol. The molecule has 2 aromatic heterocycles. The van der Waals surface area contributed by atoms with Gasteiger partial charge in [-0.3, -0.25) is 0 Å². The van der Waals surface area contributed by atoms with Crippen molar-refractivity contribution in [1.82, 2.24) is 20.1 Å². The van der Waals surface area contributed by atoms with Gasteiger partial charge in [0.1, 0.15) is 5.03 Å². The van der Waals surface area contributed by atoms with E-state index in [4.69, 9.17) is 4.52 Å². The van der Waals surface area contributed by atoms with Gasteiger partial charge < -0.3 is 4.52 Å². The Hall–Kier alpha value is -2.16. The van der Waals surface area contributed by atoms with Gasteiger partial charge in [-0.05, 0) is 19.9 Å². The van der Waals surface area contributed by atoms with E-state index in [1.807, 2.05) is 0 Å². The summed E-state index contributed by atoms with van der Waals surface area (Å²) in [5.41, 5.74) is 0.242. The lowest BCUT2D eigenvalue weighted by molar-refractivity contribution is -0.145. The second-order valence-corrected chi connectivity index (χ2v) is 6.14. The Bertz CT molecular complexity index is 849. The van der Waals surface area contributed by atoms with Crippen LogP contribution < -0.4 is 0 Å². The number of nitrogens with zero attached hydrogens (tertiary/aromatic N) is 4. The van der Waals surface area contributed by atoms with Gasteiger partial charge in [0.15, 0.2) is 5.82 Å². The first-order chi connectivity index (χ1) is 10.8. The topological polar surface area (TPSA) is 64.7 Å². The number of benzene rings is 1. The van der Waals surface area contributed by atoms with E-state index in [2.05, 4.69) is 20.1 Å². The maximum atomic E-state index is 13.0. The van der Waals surface area contributed by atoms with E-state index in [0.717, 1.165) is 11.8 Å². The predicted octanol–water partition coefficient (Wildman–Crippen LogP) is 4.19. The molecule has 5 nitrogen and oxygen atoms in total. The predicted molar refractivity (Wildman–Crippen MR) is 77.8 cm³/mol. The lowest BCUT2D eigenvalue weighted by Gasteiger charge is -2.12. The largest absolute Gasteiger partial charge is 0.451 e. The van der Waals surface area contributed by atoms with Gasteiger partial charge in [-0.1, -0.05) is 35.1 Å². The van der Waals surface area contributed by atoms with Gasteiger partial charge in [-0.25, -0.2) is 9.97 Å². The van der Waals surface area contributed by atoms with Crippen LogP contribution in [0.4, 0.5) is 13.2 Å². The molecule has 0 saturated carbocycles. The molecule has 0 spiro atoms. The molecule has 1 unspecified atom stereocenters. The van der Waals surface area contributed by atoms with Crippen molar-refractivity contribution in [3.8, 4) is 0 Å². The van der Waals surface area contributed by atoms with Crippen molar-refractivity contribution in [3.05, 3.63) is 41.8 Å². The van der Waals surface area contributed by atoms with E-state index in [9.17, 15) is 13.2 Å². The molecule has 0 aliphatic heterocycles. The van der Waals surface area contributed by atoms with Gasteiger partial charge in [-0.15, -0.1) is 0 Å². The van der Waals surface area contributed by atoms with Crippen LogP contribution >= 0.6 is 11.8 Å². The summed E-state index contributed by atoms with van der Waals surface area (Å²) >= 11 is 1.12. The fraction of sp³-hybridized carbons (Fsp3) is 0.286. The summed E-state index contributed by atoms with van der Waals surface area (Å²) in [4.78, 5) is 11.4. The van der Waals surface area contributed by atoms with Crippen molar-refractivity contribution in [2.45, 2.75) is 30.3 Å². The number of hydrogen-bond acceptors (Lipinski definition) is 6. The quantitative estimate of drug-likeness (QED) is 0.526. The first-order valence-corrected chi connectivity index (χ1v) is 7.53. The smallest absolute Gasteiger partial charge is 0.338 e. The van der Waals surface area contributed by atoms with Crippen LogP contribution in [-0.4, -0.2) is 20.1 Å². The molecule has 0 aliphatic rings. The molecule has 0 N–H and O–H groups in total. The molecule has 120 valence electrons. The minimum atomic E-state index is -4.61. The van der Waals surface area contributed by atoms with E-state index in [1.165, 1.54) is 6.07 Å². The van der Waals surface area contributed by atoms with Gasteiger partial charge in [0.25, 0.3) is 0 Å². The van der Waals surface area contributed by atoms with Crippen LogP contribution in [0.25, 0.3) is 10.9 Å². The number of para-hydroxylation sites is 1. The van der Waals surface area contributed by atoms with Crippen LogP contribution in [0.3, 0.4) is 0 Å². The molecule has 3 rings (SSSR count). The lowest BCUT2D eigenvalue weighted by atomic mass is 10.2. The molecular formula is C14H11F3N4OS. The first-order valence-electron chi connectivity index (χ1n) is 6.65. The number of aryl methyl sites for hydroxylation is 1. The van der Waals surface area contributed by atoms with Crippen molar-refractivity contribution >= 4 is 22.7 Å². The molecule has 1 aromatic carbocycles. The third-order valence-corrected chi connectivity index (χ3v) is 4.09. The second kappa shape index (κ2) is 5.80. The highest BCUT2D eigenvalue weighted by Gasteiger charge is 2.35. The summed E-state index contributed by atoms with van der Waals surface area (Å²) in [6, 6.07) is 6.57. The maximum Gasteiger partial charge on any atom is 0.451 e. The van der Waals surface area contributed by atoms with Gasteiger partial charge in [0, 0.05) is 5.39 Å². The van der Waals surface area contributed by atoms with Crippen LogP contribution in [0, 0.1) is 6.92 Å². The Balaban J connectivity index is 2.04. The summed E-state index contributed by atoms with van der Waals surface area (Å²) in [6.07, 6.45) is -4.61. The van der Waals surface area contributed by atoms with Gasteiger partial charge in [0.05, 0.1) is 10.8 Å². The summed E-state index contributed by atoms with van der Waals surface area (Å²) in [5, 5.41) is 4.13. The average molecular weight is 340 g/mol. The minimum Gasteiger partial charge on any atom is -0.338 e. The Morgan fingerprint density at radius 3 is 2.52 bits per heavy atom. The highest BCUT2D eigenvalue weighted by atomic mass is 32.2. The average Bonchev–Trinajstić information content (AvgIpc) is 2.93. The maximum absolute atomic E-state index is 13.0. The van der Waals surface area contributed by atoms with Crippen molar-refractivity contribution in [1.29, 1.82) is 0 Å². The molecule has 0 fully saturated rings. The Morgan fingerprint density at radius 2 is 1.87 bits per heavy atom. The van der Waals surface area contributed by atoms with E-state index < -0.39 is 12.0 Å².